The number of hydrogen-bond donors (Lipinski definition) is 0. The Hall–Kier alpha value is -1.01. The Bertz CT molecular complexity index is 412. The first-order chi connectivity index (χ1) is 11.3. The molecule has 0 aromatic carbocycles. The van der Waals surface area contributed by atoms with E-state index in [1.165, 1.54) is 11.4 Å². The Kier molecular flexibility index (Phi) is 11.7. The summed E-state index contributed by atoms with van der Waals surface area (Å²) < 4.78 is 23.7. The summed E-state index contributed by atoms with van der Waals surface area (Å²) in [6, 6.07) is 6.43. The molecule has 1 aromatic heterocycles. The van der Waals surface area contributed by atoms with Crippen LogP contribution in [0.15, 0.2) is 18.2 Å². The van der Waals surface area contributed by atoms with Crippen LogP contribution < -0.4 is 4.57 Å². The molecular weight excluding hydrogens is 294 g/mol. The average molecular weight is 326 g/mol. The molecule has 0 saturated heterocycles. The summed E-state index contributed by atoms with van der Waals surface area (Å²) in [5, 5.41) is 0. The maximum Gasteiger partial charge on any atom is 0.181 e. The molecule has 1 aromatic rings. The van der Waals surface area contributed by atoms with Crippen LogP contribution in [0.2, 0.25) is 0 Å². The molecule has 5 nitrogen and oxygen atoms in total. The van der Waals surface area contributed by atoms with Gasteiger partial charge in [-0.2, -0.15) is 4.57 Å². The summed E-state index contributed by atoms with van der Waals surface area (Å²) in [6.45, 7) is 9.87. The summed E-state index contributed by atoms with van der Waals surface area (Å²) in [6.07, 6.45) is 2.02. The number of ether oxygens (including phenoxy) is 4. The van der Waals surface area contributed by atoms with Crippen LogP contribution in [0.25, 0.3) is 0 Å². The number of aromatic nitrogens is 1. The van der Waals surface area contributed by atoms with E-state index in [2.05, 4.69) is 29.7 Å². The van der Waals surface area contributed by atoms with Crippen molar-refractivity contribution in [1.82, 2.24) is 0 Å². The van der Waals surface area contributed by atoms with Crippen molar-refractivity contribution in [2.45, 2.75) is 33.2 Å². The SMILES string of the molecule is CCOCCOCC[n+]1c(C)cccc1CCCOCCOC. The average Bonchev–Trinajstić information content (AvgIpc) is 2.56. The van der Waals surface area contributed by atoms with Crippen LogP contribution in [-0.4, -0.2) is 53.4 Å². The third kappa shape index (κ3) is 9.01. The van der Waals surface area contributed by atoms with E-state index < -0.39 is 0 Å². The van der Waals surface area contributed by atoms with Gasteiger partial charge in [0.2, 0.25) is 0 Å². The highest BCUT2D eigenvalue weighted by molar-refractivity contribution is 5.02. The molecule has 0 radical (unpaired) electrons. The van der Waals surface area contributed by atoms with Gasteiger partial charge in [0.1, 0.15) is 6.61 Å². The summed E-state index contributed by atoms with van der Waals surface area (Å²) in [4.78, 5) is 0. The molecule has 5 heteroatoms. The van der Waals surface area contributed by atoms with Crippen molar-refractivity contribution in [1.29, 1.82) is 0 Å². The Labute approximate surface area is 140 Å². The molecule has 1 rings (SSSR count). The fraction of sp³-hybridized carbons (Fsp3) is 0.722. The van der Waals surface area contributed by atoms with E-state index in [4.69, 9.17) is 18.9 Å². The molecule has 0 amide bonds. The molecular formula is C18H32NO4+. The van der Waals surface area contributed by atoms with Crippen molar-refractivity contribution >= 4 is 0 Å². The van der Waals surface area contributed by atoms with Gasteiger partial charge in [0.15, 0.2) is 17.9 Å². The van der Waals surface area contributed by atoms with Crippen molar-refractivity contribution in [3.05, 3.63) is 29.6 Å². The first-order valence-electron chi connectivity index (χ1n) is 8.50. The van der Waals surface area contributed by atoms with Crippen molar-refractivity contribution in [3.8, 4) is 0 Å². The number of pyridine rings is 1. The fourth-order valence-corrected chi connectivity index (χ4v) is 2.36. The lowest BCUT2D eigenvalue weighted by Gasteiger charge is -2.08. The molecule has 0 aliphatic rings. The van der Waals surface area contributed by atoms with Crippen molar-refractivity contribution in [2.24, 2.45) is 0 Å². The van der Waals surface area contributed by atoms with Crippen LogP contribution >= 0.6 is 0 Å². The van der Waals surface area contributed by atoms with Crippen LogP contribution in [0.5, 0.6) is 0 Å². The minimum absolute atomic E-state index is 0.656. The monoisotopic (exact) mass is 326 g/mol. The fourth-order valence-electron chi connectivity index (χ4n) is 2.36. The maximum atomic E-state index is 5.64. The molecule has 132 valence electrons. The molecule has 0 aliphatic heterocycles. The van der Waals surface area contributed by atoms with Gasteiger partial charge in [0, 0.05) is 45.8 Å². The van der Waals surface area contributed by atoms with Gasteiger partial charge in [0.25, 0.3) is 0 Å². The van der Waals surface area contributed by atoms with E-state index in [9.17, 15) is 0 Å². The molecule has 23 heavy (non-hydrogen) atoms. The zero-order valence-electron chi connectivity index (χ0n) is 14.9. The number of hydrogen-bond acceptors (Lipinski definition) is 4. The van der Waals surface area contributed by atoms with Crippen LogP contribution in [-0.2, 0) is 31.9 Å². The van der Waals surface area contributed by atoms with Gasteiger partial charge in [-0.25, -0.2) is 0 Å². The molecule has 0 N–H and O–H groups in total. The number of aryl methyl sites for hydroxylation is 2. The van der Waals surface area contributed by atoms with E-state index in [0.717, 1.165) is 32.6 Å². The molecule has 0 aliphatic carbocycles. The summed E-state index contributed by atoms with van der Waals surface area (Å²) in [7, 11) is 1.69. The number of rotatable bonds is 14. The van der Waals surface area contributed by atoms with Gasteiger partial charge >= 0.3 is 0 Å². The predicted octanol–water partition coefficient (Wildman–Crippen LogP) is 1.93. The highest BCUT2D eigenvalue weighted by atomic mass is 16.5. The third-order valence-electron chi connectivity index (χ3n) is 3.59. The maximum absolute atomic E-state index is 5.64. The van der Waals surface area contributed by atoms with Gasteiger partial charge in [0.05, 0.1) is 26.4 Å². The molecule has 0 bridgehead atoms. The minimum atomic E-state index is 0.656. The Morgan fingerprint density at radius 1 is 0.913 bits per heavy atom. The summed E-state index contributed by atoms with van der Waals surface area (Å²) in [5.41, 5.74) is 2.59. The topological polar surface area (TPSA) is 40.8 Å². The van der Waals surface area contributed by atoms with E-state index in [1.54, 1.807) is 7.11 Å². The number of methoxy groups -OCH3 is 1. The van der Waals surface area contributed by atoms with Gasteiger partial charge in [-0.05, 0) is 19.4 Å². The molecule has 0 spiro atoms. The van der Waals surface area contributed by atoms with Crippen molar-refractivity contribution in [2.75, 3.05) is 53.4 Å². The second-order valence-electron chi connectivity index (χ2n) is 5.33. The highest BCUT2D eigenvalue weighted by Gasteiger charge is 2.13. The Morgan fingerprint density at radius 3 is 2.43 bits per heavy atom. The quantitative estimate of drug-likeness (QED) is 0.387. The summed E-state index contributed by atoms with van der Waals surface area (Å²) in [5.74, 6) is 0. The zero-order chi connectivity index (χ0) is 16.8. The Morgan fingerprint density at radius 2 is 1.65 bits per heavy atom. The zero-order valence-corrected chi connectivity index (χ0v) is 14.9. The van der Waals surface area contributed by atoms with Gasteiger partial charge < -0.3 is 18.9 Å². The third-order valence-corrected chi connectivity index (χ3v) is 3.59. The smallest absolute Gasteiger partial charge is 0.181 e. The first-order valence-corrected chi connectivity index (χ1v) is 8.50. The van der Waals surface area contributed by atoms with E-state index >= 15 is 0 Å². The Balaban J connectivity index is 2.33. The second kappa shape index (κ2) is 13.4. The largest absolute Gasteiger partial charge is 0.382 e. The molecule has 0 fully saturated rings. The van der Waals surface area contributed by atoms with Crippen LogP contribution in [0.3, 0.4) is 0 Å². The first kappa shape index (κ1) is 20.0. The van der Waals surface area contributed by atoms with Gasteiger partial charge in [-0.3, -0.25) is 0 Å². The number of nitrogens with zero attached hydrogens (tertiary/aromatic N) is 1. The lowest BCUT2D eigenvalue weighted by Crippen LogP contribution is -2.43. The van der Waals surface area contributed by atoms with E-state index in [-0.39, 0.29) is 0 Å². The van der Waals surface area contributed by atoms with Gasteiger partial charge in [-0.15, -0.1) is 0 Å². The lowest BCUT2D eigenvalue weighted by atomic mass is 10.2. The molecule has 0 saturated carbocycles. The van der Waals surface area contributed by atoms with E-state index in [1.807, 2.05) is 6.92 Å². The minimum Gasteiger partial charge on any atom is -0.382 e. The van der Waals surface area contributed by atoms with Crippen LogP contribution in [0.4, 0.5) is 0 Å². The molecule has 1 heterocycles. The lowest BCUT2D eigenvalue weighted by molar-refractivity contribution is -0.711. The van der Waals surface area contributed by atoms with E-state index in [0.29, 0.717) is 33.0 Å². The highest BCUT2D eigenvalue weighted by Crippen LogP contribution is 2.01. The van der Waals surface area contributed by atoms with Crippen molar-refractivity contribution in [3.63, 3.8) is 0 Å². The van der Waals surface area contributed by atoms with Crippen molar-refractivity contribution < 1.29 is 23.5 Å². The standard InChI is InChI=1S/C18H32NO4/c1-4-21-15-16-23-12-10-19-17(2)7-5-8-18(19)9-6-11-22-14-13-20-3/h5,7-8H,4,6,9-16H2,1-3H3/q+1. The summed E-state index contributed by atoms with van der Waals surface area (Å²) >= 11 is 0. The second-order valence-corrected chi connectivity index (χ2v) is 5.33. The molecule has 0 unspecified atom stereocenters. The van der Waals surface area contributed by atoms with Crippen LogP contribution in [0, 0.1) is 6.92 Å². The predicted molar refractivity (Wildman–Crippen MR) is 89.7 cm³/mol. The van der Waals surface area contributed by atoms with Crippen LogP contribution in [0.1, 0.15) is 24.7 Å². The van der Waals surface area contributed by atoms with Gasteiger partial charge in [-0.1, -0.05) is 0 Å². The normalized spacial score (nSPS) is 11.1. The molecule has 0 atom stereocenters.